The van der Waals surface area contributed by atoms with E-state index in [4.69, 9.17) is 9.88 Å². The molecule has 0 spiro atoms. The molecule has 3 N–H and O–H groups in total. The van der Waals surface area contributed by atoms with E-state index in [-0.39, 0.29) is 29.3 Å². The zero-order valence-electron chi connectivity index (χ0n) is 13.4. The van der Waals surface area contributed by atoms with Crippen molar-refractivity contribution in [3.05, 3.63) is 29.8 Å². The highest BCUT2D eigenvalue weighted by Crippen LogP contribution is 2.25. The number of carbonyl (C=O) groups excluding carboxylic acids is 2. The van der Waals surface area contributed by atoms with Gasteiger partial charge in [0.2, 0.25) is 10.0 Å². The zero-order valence-corrected chi connectivity index (χ0v) is 14.2. The van der Waals surface area contributed by atoms with Crippen LogP contribution in [-0.4, -0.2) is 33.4 Å². The summed E-state index contributed by atoms with van der Waals surface area (Å²) in [5.74, 6) is -0.695. The van der Waals surface area contributed by atoms with Gasteiger partial charge in [0.25, 0.3) is 5.91 Å². The van der Waals surface area contributed by atoms with E-state index in [1.54, 1.807) is 12.1 Å². The summed E-state index contributed by atoms with van der Waals surface area (Å²) in [5, 5.41) is 7.69. The summed E-state index contributed by atoms with van der Waals surface area (Å²) in [5.41, 5.74) is 0.866. The lowest BCUT2D eigenvalue weighted by molar-refractivity contribution is -0.152. The van der Waals surface area contributed by atoms with Crippen molar-refractivity contribution in [1.82, 2.24) is 5.32 Å². The summed E-state index contributed by atoms with van der Waals surface area (Å²) in [4.78, 5) is 23.4. The van der Waals surface area contributed by atoms with Gasteiger partial charge in [-0.15, -0.1) is 0 Å². The number of hydrogen-bond donors (Lipinski definition) is 2. The number of nitrogens with two attached hydrogens (primary N) is 1. The Hall–Kier alpha value is -1.93. The number of ether oxygens (including phenoxy) is 1. The number of hydrogen-bond acceptors (Lipinski definition) is 5. The predicted octanol–water partition coefficient (Wildman–Crippen LogP) is 0.726. The Morgan fingerprint density at radius 2 is 1.79 bits per heavy atom. The molecule has 0 unspecified atom stereocenters. The molecule has 7 nitrogen and oxygen atoms in total. The van der Waals surface area contributed by atoms with E-state index in [0.29, 0.717) is 13.0 Å². The largest absolute Gasteiger partial charge is 0.455 e. The second-order valence-corrected chi connectivity index (χ2v) is 7.44. The molecule has 0 atom stereocenters. The zero-order chi connectivity index (χ0) is 17.6. The van der Waals surface area contributed by atoms with Crippen LogP contribution < -0.4 is 10.5 Å². The van der Waals surface area contributed by atoms with E-state index < -0.39 is 10.0 Å². The van der Waals surface area contributed by atoms with Crippen LogP contribution in [0, 0.1) is 5.92 Å². The monoisotopic (exact) mass is 354 g/mol. The van der Waals surface area contributed by atoms with Crippen molar-refractivity contribution in [3.63, 3.8) is 0 Å². The fourth-order valence-corrected chi connectivity index (χ4v) is 3.17. The van der Waals surface area contributed by atoms with Crippen LogP contribution in [0.25, 0.3) is 0 Å². The molecule has 1 fully saturated rings. The molecular formula is C16H22N2O5S. The quantitative estimate of drug-likeness (QED) is 0.700. The number of carbonyl (C=O) groups is 2. The molecule has 1 saturated carbocycles. The van der Waals surface area contributed by atoms with E-state index in [0.717, 1.165) is 31.2 Å². The van der Waals surface area contributed by atoms with Crippen LogP contribution >= 0.6 is 0 Å². The van der Waals surface area contributed by atoms with E-state index in [1.807, 2.05) is 0 Å². The lowest BCUT2D eigenvalue weighted by Gasteiger charge is -2.10. The minimum absolute atomic E-state index is 0.0501. The maximum absolute atomic E-state index is 11.7. The highest BCUT2D eigenvalue weighted by Gasteiger charge is 2.24. The van der Waals surface area contributed by atoms with E-state index in [2.05, 4.69) is 5.32 Å². The molecule has 1 aliphatic carbocycles. The number of amides is 1. The minimum atomic E-state index is -3.69. The van der Waals surface area contributed by atoms with Gasteiger partial charge in [0.15, 0.2) is 6.61 Å². The van der Waals surface area contributed by atoms with Gasteiger partial charge in [-0.25, -0.2) is 13.6 Å². The Kier molecular flexibility index (Phi) is 6.33. The summed E-state index contributed by atoms with van der Waals surface area (Å²) in [6.07, 6.45) is 4.30. The highest BCUT2D eigenvalue weighted by atomic mass is 32.2. The summed E-state index contributed by atoms with van der Waals surface area (Å²) >= 11 is 0. The van der Waals surface area contributed by atoms with Gasteiger partial charge in [0.1, 0.15) is 0 Å². The third-order valence-corrected chi connectivity index (χ3v) is 4.95. The van der Waals surface area contributed by atoms with Crippen molar-refractivity contribution in [2.45, 2.75) is 37.0 Å². The highest BCUT2D eigenvalue weighted by molar-refractivity contribution is 7.89. The van der Waals surface area contributed by atoms with E-state index in [1.165, 1.54) is 12.1 Å². The third kappa shape index (κ3) is 5.61. The van der Waals surface area contributed by atoms with Gasteiger partial charge >= 0.3 is 5.97 Å². The molecule has 0 saturated heterocycles. The van der Waals surface area contributed by atoms with E-state index in [9.17, 15) is 18.0 Å². The molecule has 24 heavy (non-hydrogen) atoms. The fourth-order valence-electron chi connectivity index (χ4n) is 2.66. The van der Waals surface area contributed by atoms with Gasteiger partial charge in [0.05, 0.1) is 10.8 Å². The van der Waals surface area contributed by atoms with Crippen LogP contribution in [0.4, 0.5) is 0 Å². The first-order valence-electron chi connectivity index (χ1n) is 7.91. The lowest BCUT2D eigenvalue weighted by Crippen LogP contribution is -2.31. The van der Waals surface area contributed by atoms with E-state index >= 15 is 0 Å². The maximum atomic E-state index is 11.7. The average Bonchev–Trinajstić information content (AvgIpc) is 3.07. The normalized spacial score (nSPS) is 15.2. The summed E-state index contributed by atoms with van der Waals surface area (Å²) in [6.45, 7) is 0.105. The fraction of sp³-hybridized carbons (Fsp3) is 0.500. The molecule has 1 aromatic rings. The molecule has 132 valence electrons. The van der Waals surface area contributed by atoms with Gasteiger partial charge in [-0.05, 0) is 37.0 Å². The van der Waals surface area contributed by atoms with Gasteiger partial charge in [-0.2, -0.15) is 0 Å². The van der Waals surface area contributed by atoms with Crippen LogP contribution in [-0.2, 0) is 30.8 Å². The average molecular weight is 354 g/mol. The Bertz CT molecular complexity index is 679. The molecule has 1 aliphatic rings. The predicted molar refractivity (Wildman–Crippen MR) is 87.4 cm³/mol. The van der Waals surface area contributed by atoms with Gasteiger partial charge in [0, 0.05) is 6.54 Å². The summed E-state index contributed by atoms with van der Waals surface area (Å²) in [7, 11) is -3.69. The molecule has 1 aromatic carbocycles. The minimum Gasteiger partial charge on any atom is -0.455 e. The molecule has 0 heterocycles. The van der Waals surface area contributed by atoms with Gasteiger partial charge in [-0.1, -0.05) is 25.0 Å². The van der Waals surface area contributed by atoms with Gasteiger partial charge < -0.3 is 10.1 Å². The van der Waals surface area contributed by atoms with Gasteiger partial charge in [-0.3, -0.25) is 9.59 Å². The first-order chi connectivity index (χ1) is 11.4. The van der Waals surface area contributed by atoms with Crippen LogP contribution in [0.5, 0.6) is 0 Å². The Labute approximate surface area is 141 Å². The number of sulfonamides is 1. The molecule has 8 heteroatoms. The molecule has 0 bridgehead atoms. The van der Waals surface area contributed by atoms with Crippen LogP contribution in [0.15, 0.2) is 29.2 Å². The second-order valence-electron chi connectivity index (χ2n) is 5.88. The Morgan fingerprint density at radius 3 is 2.38 bits per heavy atom. The topological polar surface area (TPSA) is 116 Å². The smallest absolute Gasteiger partial charge is 0.309 e. The SMILES string of the molecule is NS(=O)(=O)c1ccc(CCNC(=O)COC(=O)C2CCCC2)cc1. The molecule has 1 amide bonds. The molecule has 2 rings (SSSR count). The summed E-state index contributed by atoms with van der Waals surface area (Å²) in [6, 6.07) is 6.14. The van der Waals surface area contributed by atoms with Crippen molar-refractivity contribution in [2.24, 2.45) is 11.1 Å². The maximum Gasteiger partial charge on any atom is 0.309 e. The van der Waals surface area contributed by atoms with Crippen LogP contribution in [0.1, 0.15) is 31.2 Å². The second kappa shape index (κ2) is 8.25. The lowest BCUT2D eigenvalue weighted by atomic mass is 10.1. The van der Waals surface area contributed by atoms with Crippen LogP contribution in [0.3, 0.4) is 0 Å². The third-order valence-electron chi connectivity index (χ3n) is 4.02. The molecular weight excluding hydrogens is 332 g/mol. The number of esters is 1. The standard InChI is InChI=1S/C16H22N2O5S/c17-24(21,22)14-7-5-12(6-8-14)9-10-18-15(19)11-23-16(20)13-3-1-2-4-13/h5-8,13H,1-4,9-11H2,(H,18,19)(H2,17,21,22). The number of nitrogens with one attached hydrogen (secondary N) is 1. The number of rotatable bonds is 7. The molecule has 0 aromatic heterocycles. The van der Waals surface area contributed by atoms with Crippen molar-refractivity contribution in [2.75, 3.05) is 13.2 Å². The van der Waals surface area contributed by atoms with Crippen LogP contribution in [0.2, 0.25) is 0 Å². The van der Waals surface area contributed by atoms with Crippen molar-refractivity contribution in [1.29, 1.82) is 0 Å². The first kappa shape index (κ1) is 18.4. The number of benzene rings is 1. The summed E-state index contributed by atoms with van der Waals surface area (Å²) < 4.78 is 27.3. The number of primary sulfonamides is 1. The first-order valence-corrected chi connectivity index (χ1v) is 9.46. The van der Waals surface area contributed by atoms with Crippen molar-refractivity contribution in [3.8, 4) is 0 Å². The van der Waals surface area contributed by atoms with Crippen molar-refractivity contribution >= 4 is 21.9 Å². The molecule has 0 aliphatic heterocycles. The van der Waals surface area contributed by atoms with Crippen molar-refractivity contribution < 1.29 is 22.7 Å². The molecule has 0 radical (unpaired) electrons. The Morgan fingerprint density at radius 1 is 1.17 bits per heavy atom. The Balaban J connectivity index is 1.67.